The lowest BCUT2D eigenvalue weighted by Crippen LogP contribution is -2.27. The van der Waals surface area contributed by atoms with Crippen LogP contribution in [0.2, 0.25) is 0 Å². The van der Waals surface area contributed by atoms with Gasteiger partial charge < -0.3 is 0 Å². The van der Waals surface area contributed by atoms with Crippen LogP contribution < -0.4 is 0 Å². The van der Waals surface area contributed by atoms with Crippen LogP contribution in [0.15, 0.2) is 279 Å². The van der Waals surface area contributed by atoms with Crippen LogP contribution in [-0.2, 0) is 0 Å². The fourth-order valence-corrected chi connectivity index (χ4v) is 12.0. The fourth-order valence-electron chi connectivity index (χ4n) is 12.0. The molecule has 11 aromatic carbocycles. The first-order chi connectivity index (χ1) is 39.6. The molecular formula is C74H48N6. The van der Waals surface area contributed by atoms with E-state index in [4.69, 9.17) is 29.9 Å². The smallest absolute Gasteiger partial charge is 0.164 e. The van der Waals surface area contributed by atoms with Crippen molar-refractivity contribution in [1.82, 2.24) is 29.9 Å². The van der Waals surface area contributed by atoms with Crippen LogP contribution in [0.5, 0.6) is 0 Å². The Morgan fingerprint density at radius 1 is 0.163 bits per heavy atom. The van der Waals surface area contributed by atoms with Crippen LogP contribution in [0.3, 0.4) is 0 Å². The summed E-state index contributed by atoms with van der Waals surface area (Å²) in [6.45, 7) is 0. The Kier molecular flexibility index (Phi) is 11.6. The van der Waals surface area contributed by atoms with Crippen LogP contribution in [0.25, 0.3) is 113 Å². The van der Waals surface area contributed by atoms with Crippen molar-refractivity contribution in [2.75, 3.05) is 0 Å². The topological polar surface area (TPSA) is 77.3 Å². The van der Waals surface area contributed by atoms with E-state index in [1.54, 1.807) is 0 Å². The molecule has 2 aromatic heterocycles. The minimum absolute atomic E-state index is 0.0396. The molecule has 3 aliphatic rings. The Bertz CT molecular complexity index is 4160. The molecule has 0 aliphatic heterocycles. The number of hydrogen-bond donors (Lipinski definition) is 0. The molecule has 0 saturated carbocycles. The van der Waals surface area contributed by atoms with Crippen LogP contribution in [0.1, 0.15) is 45.2 Å². The molecule has 80 heavy (non-hydrogen) atoms. The molecule has 2 unspecified atom stereocenters. The minimum atomic E-state index is 0.0396. The van der Waals surface area contributed by atoms with Crippen molar-refractivity contribution in [3.05, 3.63) is 312 Å². The first-order valence-corrected chi connectivity index (χ1v) is 27.2. The van der Waals surface area contributed by atoms with Gasteiger partial charge in [0.15, 0.2) is 34.9 Å². The molecule has 2 bridgehead atoms. The van der Waals surface area contributed by atoms with Crippen molar-refractivity contribution in [3.63, 3.8) is 0 Å². The average Bonchev–Trinajstić information content (AvgIpc) is 3.61. The summed E-state index contributed by atoms with van der Waals surface area (Å²) in [5.74, 6) is 3.84. The van der Waals surface area contributed by atoms with Gasteiger partial charge in [0.25, 0.3) is 0 Å². The highest BCUT2D eigenvalue weighted by Gasteiger charge is 2.41. The summed E-state index contributed by atoms with van der Waals surface area (Å²) in [4.78, 5) is 31.1. The molecule has 0 amide bonds. The van der Waals surface area contributed by atoms with Crippen molar-refractivity contribution in [2.45, 2.75) is 11.8 Å². The van der Waals surface area contributed by atoms with Gasteiger partial charge in [-0.15, -0.1) is 0 Å². The Balaban J connectivity index is 0.809. The summed E-state index contributed by atoms with van der Waals surface area (Å²) in [5.41, 5.74) is 22.6. The van der Waals surface area contributed by atoms with E-state index in [1.165, 1.54) is 33.4 Å². The van der Waals surface area contributed by atoms with Gasteiger partial charge in [-0.05, 0) is 90.0 Å². The number of rotatable bonds is 10. The SMILES string of the molecule is c1ccc(-c2ccc(-c3nc(-c4ccccc4)nc(-c4ccccc4-c4ccc5c(c4)C4c6ccccc6C5c5cc(-c6ccccc6-c6nc(-c7ccccc7)nc(-c7ccc(-c8ccccc8)cc7)n6)ccc54)n3)cc2)cc1. The van der Waals surface area contributed by atoms with E-state index < -0.39 is 0 Å². The zero-order chi connectivity index (χ0) is 52.9. The van der Waals surface area contributed by atoms with Gasteiger partial charge in [-0.3, -0.25) is 0 Å². The van der Waals surface area contributed by atoms with Gasteiger partial charge >= 0.3 is 0 Å². The second kappa shape index (κ2) is 19.8. The van der Waals surface area contributed by atoms with Crippen molar-refractivity contribution in [3.8, 4) is 113 Å². The molecule has 6 heteroatoms. The van der Waals surface area contributed by atoms with Crippen molar-refractivity contribution >= 4 is 0 Å². The monoisotopic (exact) mass is 1020 g/mol. The van der Waals surface area contributed by atoms with Crippen molar-refractivity contribution < 1.29 is 0 Å². The summed E-state index contributed by atoms with van der Waals surface area (Å²) in [7, 11) is 0. The molecule has 0 spiro atoms. The second-order valence-electron chi connectivity index (χ2n) is 20.5. The maximum Gasteiger partial charge on any atom is 0.164 e. The van der Waals surface area contributed by atoms with E-state index in [2.05, 4.69) is 231 Å². The van der Waals surface area contributed by atoms with Crippen molar-refractivity contribution in [2.24, 2.45) is 0 Å². The predicted octanol–water partition coefficient (Wildman–Crippen LogP) is 17.7. The summed E-state index contributed by atoms with van der Waals surface area (Å²) in [5, 5.41) is 0. The Morgan fingerprint density at radius 2 is 0.400 bits per heavy atom. The first kappa shape index (κ1) is 46.7. The van der Waals surface area contributed by atoms with Gasteiger partial charge in [0, 0.05) is 45.2 Å². The number of aromatic nitrogens is 6. The largest absolute Gasteiger partial charge is 0.208 e. The maximum atomic E-state index is 5.25. The van der Waals surface area contributed by atoms with E-state index in [9.17, 15) is 0 Å². The Hall–Kier alpha value is -10.6. The summed E-state index contributed by atoms with van der Waals surface area (Å²) < 4.78 is 0. The van der Waals surface area contributed by atoms with Gasteiger partial charge in [0.2, 0.25) is 0 Å². The summed E-state index contributed by atoms with van der Waals surface area (Å²) >= 11 is 0. The molecule has 6 nitrogen and oxygen atoms in total. The predicted molar refractivity (Wildman–Crippen MR) is 322 cm³/mol. The molecule has 16 rings (SSSR count). The summed E-state index contributed by atoms with van der Waals surface area (Å²) in [6.07, 6.45) is 0. The average molecular weight is 1020 g/mol. The molecule has 2 heterocycles. The molecule has 374 valence electrons. The van der Waals surface area contributed by atoms with Gasteiger partial charge in [0.1, 0.15) is 0 Å². The molecule has 0 fully saturated rings. The van der Waals surface area contributed by atoms with E-state index in [0.29, 0.717) is 34.9 Å². The number of nitrogens with zero attached hydrogens (tertiary/aromatic N) is 6. The molecule has 0 saturated heterocycles. The van der Waals surface area contributed by atoms with Gasteiger partial charge in [-0.25, -0.2) is 29.9 Å². The Labute approximate surface area is 464 Å². The zero-order valence-corrected chi connectivity index (χ0v) is 43.4. The Morgan fingerprint density at radius 3 is 0.762 bits per heavy atom. The molecule has 13 aromatic rings. The highest BCUT2D eigenvalue weighted by Crippen LogP contribution is 2.57. The molecular weight excluding hydrogens is 973 g/mol. The standard InChI is InChI=1S/C74H48N6/c1-5-19-47(20-6-1)49-33-37-53(38-34-49)71-75-69(51-23-9-3-10-24-51)77-73(79-71)63-31-17-13-27-57(63)55-41-43-61-65(45-55)67-59-29-15-16-30-60(59)68(61)66-46-56(42-44-62(66)67)58-28-14-18-32-64(58)74-78-70(52-25-11-4-12-26-52)76-72(80-74)54-39-35-50(36-40-54)48-21-7-2-8-22-48/h1-46,67-68H. The third-order valence-electron chi connectivity index (χ3n) is 15.8. The third-order valence-corrected chi connectivity index (χ3v) is 15.8. The molecule has 0 N–H and O–H groups in total. The molecule has 3 aliphatic carbocycles. The normalized spacial score (nSPS) is 13.8. The lowest BCUT2D eigenvalue weighted by molar-refractivity contribution is 0.755. The van der Waals surface area contributed by atoms with Crippen LogP contribution in [0, 0.1) is 0 Å². The van der Waals surface area contributed by atoms with Crippen LogP contribution in [0.4, 0.5) is 0 Å². The van der Waals surface area contributed by atoms with E-state index in [-0.39, 0.29) is 11.8 Å². The highest BCUT2D eigenvalue weighted by atomic mass is 15.0. The minimum Gasteiger partial charge on any atom is -0.208 e. The third kappa shape index (κ3) is 8.38. The zero-order valence-electron chi connectivity index (χ0n) is 43.4. The van der Waals surface area contributed by atoms with Gasteiger partial charge in [-0.1, -0.05) is 267 Å². The summed E-state index contributed by atoms with van der Waals surface area (Å²) in [6, 6.07) is 98.5. The van der Waals surface area contributed by atoms with Crippen molar-refractivity contribution in [1.29, 1.82) is 0 Å². The lowest BCUT2D eigenvalue weighted by atomic mass is 9.60. The van der Waals surface area contributed by atoms with E-state index in [1.807, 2.05) is 48.5 Å². The molecule has 0 radical (unpaired) electrons. The quantitative estimate of drug-likeness (QED) is 0.136. The van der Waals surface area contributed by atoms with Crippen LogP contribution >= 0.6 is 0 Å². The first-order valence-electron chi connectivity index (χ1n) is 27.2. The second-order valence-corrected chi connectivity index (χ2v) is 20.5. The van der Waals surface area contributed by atoms with E-state index in [0.717, 1.165) is 77.9 Å². The van der Waals surface area contributed by atoms with Gasteiger partial charge in [-0.2, -0.15) is 0 Å². The maximum absolute atomic E-state index is 5.25. The highest BCUT2D eigenvalue weighted by molar-refractivity contribution is 5.86. The van der Waals surface area contributed by atoms with Gasteiger partial charge in [0.05, 0.1) is 0 Å². The lowest BCUT2D eigenvalue weighted by Gasteiger charge is -2.42. The number of benzene rings is 11. The molecule has 2 atom stereocenters. The van der Waals surface area contributed by atoms with Crippen LogP contribution in [-0.4, -0.2) is 29.9 Å². The number of hydrogen-bond acceptors (Lipinski definition) is 6. The fraction of sp³-hybridized carbons (Fsp3) is 0.0270. The van der Waals surface area contributed by atoms with E-state index >= 15 is 0 Å².